The monoisotopic (exact) mass is 257 g/mol. The molecule has 0 unspecified atom stereocenters. The van der Waals surface area contributed by atoms with Crippen molar-refractivity contribution < 1.29 is 4.79 Å². The maximum absolute atomic E-state index is 11.9. The van der Waals surface area contributed by atoms with E-state index in [1.165, 1.54) is 32.1 Å². The van der Waals surface area contributed by atoms with Gasteiger partial charge in [0, 0.05) is 17.8 Å². The highest BCUT2D eigenvalue weighted by molar-refractivity contribution is 6.20. The number of nitrogens with one attached hydrogen (secondary N) is 1. The lowest BCUT2D eigenvalue weighted by Crippen LogP contribution is -2.38. The molecule has 2 aliphatic rings. The number of amides is 1. The van der Waals surface area contributed by atoms with Gasteiger partial charge in [-0.25, -0.2) is 0 Å². The molecule has 0 atom stereocenters. The first-order chi connectivity index (χ1) is 8.24. The molecule has 0 spiro atoms. The van der Waals surface area contributed by atoms with Crippen molar-refractivity contribution in [3.05, 3.63) is 0 Å². The molecule has 0 aromatic carbocycles. The van der Waals surface area contributed by atoms with Crippen LogP contribution in [0.3, 0.4) is 0 Å². The van der Waals surface area contributed by atoms with Crippen molar-refractivity contribution in [3.63, 3.8) is 0 Å². The van der Waals surface area contributed by atoms with Gasteiger partial charge in [0.1, 0.15) is 0 Å². The fraction of sp³-hybridized carbons (Fsp3) is 0.929. The molecule has 3 heteroatoms. The van der Waals surface area contributed by atoms with E-state index in [4.69, 9.17) is 11.6 Å². The molecule has 0 saturated heterocycles. The molecule has 0 aliphatic heterocycles. The number of alkyl halides is 1. The molecular formula is C14H24ClNO. The summed E-state index contributed by atoms with van der Waals surface area (Å²) < 4.78 is 0. The molecule has 0 heterocycles. The van der Waals surface area contributed by atoms with Crippen LogP contribution in [-0.4, -0.2) is 17.3 Å². The zero-order valence-electron chi connectivity index (χ0n) is 10.6. The predicted octanol–water partition coefficient (Wildman–Crippen LogP) is 3.62. The highest BCUT2D eigenvalue weighted by Crippen LogP contribution is 2.27. The number of carbonyl (C=O) groups excluding carboxylic acids is 1. The minimum atomic E-state index is 0.273. The van der Waals surface area contributed by atoms with E-state index < -0.39 is 0 Å². The van der Waals surface area contributed by atoms with Gasteiger partial charge in [-0.15, -0.1) is 11.6 Å². The SMILES string of the molecule is O=C(CC1CCCCC1)NC1CCC(Cl)CC1. The van der Waals surface area contributed by atoms with Crippen molar-refractivity contribution in [1.82, 2.24) is 5.32 Å². The lowest BCUT2D eigenvalue weighted by Gasteiger charge is -2.27. The molecule has 2 aliphatic carbocycles. The summed E-state index contributed by atoms with van der Waals surface area (Å²) in [5.74, 6) is 0.919. The van der Waals surface area contributed by atoms with Crippen LogP contribution >= 0.6 is 11.6 Å². The Labute approximate surface area is 109 Å². The second-order valence-electron chi connectivity index (χ2n) is 5.72. The molecule has 1 amide bonds. The van der Waals surface area contributed by atoms with Crippen molar-refractivity contribution in [2.45, 2.75) is 75.6 Å². The van der Waals surface area contributed by atoms with Crippen LogP contribution in [0.5, 0.6) is 0 Å². The average molecular weight is 258 g/mol. The number of rotatable bonds is 3. The fourth-order valence-electron chi connectivity index (χ4n) is 3.14. The van der Waals surface area contributed by atoms with E-state index in [2.05, 4.69) is 5.32 Å². The summed E-state index contributed by atoms with van der Waals surface area (Å²) in [6.07, 6.45) is 11.5. The van der Waals surface area contributed by atoms with Gasteiger partial charge in [0.2, 0.25) is 5.91 Å². The second kappa shape index (κ2) is 6.63. The highest BCUT2D eigenvalue weighted by Gasteiger charge is 2.22. The van der Waals surface area contributed by atoms with Crippen LogP contribution in [0.15, 0.2) is 0 Å². The third kappa shape index (κ3) is 4.50. The lowest BCUT2D eigenvalue weighted by molar-refractivity contribution is -0.123. The minimum absolute atomic E-state index is 0.273. The highest BCUT2D eigenvalue weighted by atomic mass is 35.5. The Morgan fingerprint density at radius 2 is 1.65 bits per heavy atom. The van der Waals surface area contributed by atoms with E-state index in [0.29, 0.717) is 17.3 Å². The fourth-order valence-corrected chi connectivity index (χ4v) is 3.39. The Bertz CT molecular complexity index is 243. The van der Waals surface area contributed by atoms with E-state index in [-0.39, 0.29) is 5.91 Å². The number of hydrogen-bond donors (Lipinski definition) is 1. The summed E-state index contributed by atoms with van der Waals surface area (Å²) in [6.45, 7) is 0. The molecule has 2 rings (SSSR count). The molecule has 1 N–H and O–H groups in total. The van der Waals surface area contributed by atoms with Gasteiger partial charge in [-0.2, -0.15) is 0 Å². The van der Waals surface area contributed by atoms with E-state index in [1.54, 1.807) is 0 Å². The van der Waals surface area contributed by atoms with Gasteiger partial charge in [-0.3, -0.25) is 4.79 Å². The van der Waals surface area contributed by atoms with E-state index in [9.17, 15) is 4.79 Å². The van der Waals surface area contributed by atoms with Crippen molar-refractivity contribution in [1.29, 1.82) is 0 Å². The van der Waals surface area contributed by atoms with Gasteiger partial charge in [0.15, 0.2) is 0 Å². The Hall–Kier alpha value is -0.240. The average Bonchev–Trinajstić information content (AvgIpc) is 2.33. The zero-order chi connectivity index (χ0) is 12.1. The van der Waals surface area contributed by atoms with Crippen LogP contribution in [0.2, 0.25) is 0 Å². The van der Waals surface area contributed by atoms with Gasteiger partial charge in [-0.1, -0.05) is 19.3 Å². The summed E-state index contributed by atoms with van der Waals surface area (Å²) in [6, 6.07) is 0.390. The summed E-state index contributed by atoms with van der Waals surface area (Å²) in [5.41, 5.74) is 0. The van der Waals surface area contributed by atoms with Gasteiger partial charge >= 0.3 is 0 Å². The van der Waals surface area contributed by atoms with Crippen molar-refractivity contribution >= 4 is 17.5 Å². The summed E-state index contributed by atoms with van der Waals surface area (Å²) in [4.78, 5) is 11.9. The molecule has 0 aromatic heterocycles. The van der Waals surface area contributed by atoms with Crippen molar-refractivity contribution in [3.8, 4) is 0 Å². The third-order valence-corrected chi connectivity index (χ3v) is 4.66. The van der Waals surface area contributed by atoms with Crippen LogP contribution in [0.4, 0.5) is 0 Å². The van der Waals surface area contributed by atoms with E-state index in [0.717, 1.165) is 32.1 Å². The first kappa shape index (κ1) is 13.2. The normalized spacial score (nSPS) is 31.1. The van der Waals surface area contributed by atoms with Crippen LogP contribution in [0.25, 0.3) is 0 Å². The molecule has 98 valence electrons. The summed E-state index contributed by atoms with van der Waals surface area (Å²) in [7, 11) is 0. The molecule has 2 nitrogen and oxygen atoms in total. The standard InChI is InChI=1S/C14H24ClNO/c15-12-6-8-13(9-7-12)16-14(17)10-11-4-2-1-3-5-11/h11-13H,1-10H2,(H,16,17). The van der Waals surface area contributed by atoms with Gasteiger partial charge in [0.05, 0.1) is 0 Å². The van der Waals surface area contributed by atoms with Gasteiger partial charge < -0.3 is 5.32 Å². The third-order valence-electron chi connectivity index (χ3n) is 4.22. The Balaban J connectivity index is 1.66. The van der Waals surface area contributed by atoms with Crippen molar-refractivity contribution in [2.75, 3.05) is 0 Å². The molecular weight excluding hydrogens is 234 g/mol. The minimum Gasteiger partial charge on any atom is -0.353 e. The maximum Gasteiger partial charge on any atom is 0.220 e. The topological polar surface area (TPSA) is 29.1 Å². The van der Waals surface area contributed by atoms with Crippen LogP contribution in [0.1, 0.15) is 64.2 Å². The van der Waals surface area contributed by atoms with E-state index in [1.807, 2.05) is 0 Å². The van der Waals surface area contributed by atoms with Gasteiger partial charge in [0.25, 0.3) is 0 Å². The number of carbonyl (C=O) groups is 1. The Morgan fingerprint density at radius 1 is 1.00 bits per heavy atom. The molecule has 2 saturated carbocycles. The Morgan fingerprint density at radius 3 is 2.29 bits per heavy atom. The van der Waals surface area contributed by atoms with E-state index >= 15 is 0 Å². The van der Waals surface area contributed by atoms with Crippen LogP contribution in [-0.2, 0) is 4.79 Å². The smallest absolute Gasteiger partial charge is 0.220 e. The summed E-state index contributed by atoms with van der Waals surface area (Å²) in [5, 5.41) is 3.52. The summed E-state index contributed by atoms with van der Waals surface area (Å²) >= 11 is 6.06. The Kier molecular flexibility index (Phi) is 5.15. The lowest BCUT2D eigenvalue weighted by atomic mass is 9.86. The van der Waals surface area contributed by atoms with Crippen molar-refractivity contribution in [2.24, 2.45) is 5.92 Å². The first-order valence-electron chi connectivity index (χ1n) is 7.17. The number of hydrogen-bond acceptors (Lipinski definition) is 1. The largest absolute Gasteiger partial charge is 0.353 e. The first-order valence-corrected chi connectivity index (χ1v) is 7.61. The number of halogens is 1. The molecule has 0 aromatic rings. The molecule has 2 fully saturated rings. The molecule has 0 bridgehead atoms. The quantitative estimate of drug-likeness (QED) is 0.769. The predicted molar refractivity (Wildman–Crippen MR) is 71.2 cm³/mol. The van der Waals surface area contributed by atoms with Crippen LogP contribution < -0.4 is 5.32 Å². The van der Waals surface area contributed by atoms with Crippen LogP contribution in [0, 0.1) is 5.92 Å². The second-order valence-corrected chi connectivity index (χ2v) is 6.34. The molecule has 17 heavy (non-hydrogen) atoms. The molecule has 0 radical (unpaired) electrons. The van der Waals surface area contributed by atoms with Gasteiger partial charge in [-0.05, 0) is 44.4 Å². The maximum atomic E-state index is 11.9. The zero-order valence-corrected chi connectivity index (χ0v) is 11.3.